The first-order valence-electron chi connectivity index (χ1n) is 5.52. The van der Waals surface area contributed by atoms with Crippen molar-refractivity contribution in [2.45, 2.75) is 13.1 Å². The molecule has 0 bridgehead atoms. The number of hydrogen-bond acceptors (Lipinski definition) is 3. The number of nitrogens with zero attached hydrogens (tertiary/aromatic N) is 1. The second kappa shape index (κ2) is 4.79. The summed E-state index contributed by atoms with van der Waals surface area (Å²) >= 11 is 0. The van der Waals surface area contributed by atoms with E-state index in [1.54, 1.807) is 18.2 Å². The Hall–Kier alpha value is -2.24. The van der Waals surface area contributed by atoms with Gasteiger partial charge in [-0.05, 0) is 30.7 Å². The molecule has 0 saturated heterocycles. The second-order valence-corrected chi connectivity index (χ2v) is 4.15. The van der Waals surface area contributed by atoms with Crippen LogP contribution in [0.2, 0.25) is 0 Å². The number of nitrogens with two attached hydrogens (primary N) is 1. The molecular formula is C13H12F3N3. The van der Waals surface area contributed by atoms with E-state index in [1.165, 1.54) is 0 Å². The summed E-state index contributed by atoms with van der Waals surface area (Å²) in [4.78, 5) is 3.56. The van der Waals surface area contributed by atoms with Crippen molar-refractivity contribution >= 4 is 17.2 Å². The van der Waals surface area contributed by atoms with Crippen LogP contribution in [0.25, 0.3) is 0 Å². The summed E-state index contributed by atoms with van der Waals surface area (Å²) in [7, 11) is 0. The zero-order valence-electron chi connectivity index (χ0n) is 10.1. The van der Waals surface area contributed by atoms with Gasteiger partial charge in [0.2, 0.25) is 0 Å². The van der Waals surface area contributed by atoms with Gasteiger partial charge < -0.3 is 11.1 Å². The van der Waals surface area contributed by atoms with Crippen molar-refractivity contribution in [3.05, 3.63) is 47.7 Å². The Morgan fingerprint density at radius 2 is 1.95 bits per heavy atom. The summed E-state index contributed by atoms with van der Waals surface area (Å²) in [6, 6.07) is 8.19. The van der Waals surface area contributed by atoms with Crippen molar-refractivity contribution < 1.29 is 13.2 Å². The van der Waals surface area contributed by atoms with E-state index in [-0.39, 0.29) is 11.5 Å². The summed E-state index contributed by atoms with van der Waals surface area (Å²) in [5.74, 6) is 0.0227. The van der Waals surface area contributed by atoms with Gasteiger partial charge in [-0.1, -0.05) is 12.1 Å². The molecule has 0 aliphatic carbocycles. The van der Waals surface area contributed by atoms with Crippen LogP contribution in [0, 0.1) is 6.92 Å². The van der Waals surface area contributed by atoms with Crippen molar-refractivity contribution in [1.82, 2.24) is 4.98 Å². The molecule has 2 rings (SSSR count). The Bertz CT molecular complexity index is 594. The van der Waals surface area contributed by atoms with Gasteiger partial charge in [0.1, 0.15) is 5.82 Å². The summed E-state index contributed by atoms with van der Waals surface area (Å²) in [6.07, 6.45) is -3.72. The molecule has 0 unspecified atom stereocenters. The third-order valence-corrected chi connectivity index (χ3v) is 2.54. The second-order valence-electron chi connectivity index (χ2n) is 4.15. The number of hydrogen-bond donors (Lipinski definition) is 2. The lowest BCUT2D eigenvalue weighted by Crippen LogP contribution is -2.08. The summed E-state index contributed by atoms with van der Waals surface area (Å²) in [6.45, 7) is 1.89. The zero-order chi connectivity index (χ0) is 14.0. The number of halogens is 3. The monoisotopic (exact) mass is 267 g/mol. The first-order chi connectivity index (χ1) is 8.86. The van der Waals surface area contributed by atoms with E-state index in [2.05, 4.69) is 10.3 Å². The lowest BCUT2D eigenvalue weighted by atomic mass is 10.2. The SMILES string of the molecule is Cc1cccc(Nc2cc(C(F)(F)F)cnc2N)c1. The lowest BCUT2D eigenvalue weighted by Gasteiger charge is -2.12. The Balaban J connectivity index is 2.34. The highest BCUT2D eigenvalue weighted by Gasteiger charge is 2.31. The molecule has 0 saturated carbocycles. The van der Waals surface area contributed by atoms with Crippen LogP contribution in [-0.2, 0) is 6.18 Å². The first-order valence-corrected chi connectivity index (χ1v) is 5.52. The number of alkyl halides is 3. The van der Waals surface area contributed by atoms with E-state index in [4.69, 9.17) is 5.73 Å². The van der Waals surface area contributed by atoms with Gasteiger partial charge in [0.05, 0.1) is 11.3 Å². The fourth-order valence-corrected chi connectivity index (χ4v) is 1.61. The molecule has 0 spiro atoms. The molecule has 3 N–H and O–H groups in total. The number of pyridine rings is 1. The van der Waals surface area contributed by atoms with E-state index in [9.17, 15) is 13.2 Å². The summed E-state index contributed by atoms with van der Waals surface area (Å²) in [5.41, 5.74) is 6.53. The van der Waals surface area contributed by atoms with Gasteiger partial charge in [-0.25, -0.2) is 4.98 Å². The molecule has 0 atom stereocenters. The molecule has 1 aromatic carbocycles. The van der Waals surface area contributed by atoms with Gasteiger partial charge in [0, 0.05) is 11.9 Å². The number of aryl methyl sites for hydroxylation is 1. The van der Waals surface area contributed by atoms with E-state index < -0.39 is 11.7 Å². The molecule has 0 aliphatic rings. The van der Waals surface area contributed by atoms with Gasteiger partial charge in [-0.2, -0.15) is 13.2 Å². The van der Waals surface area contributed by atoms with E-state index in [0.717, 1.165) is 17.8 Å². The molecular weight excluding hydrogens is 255 g/mol. The molecule has 0 fully saturated rings. The first kappa shape index (κ1) is 13.2. The van der Waals surface area contributed by atoms with Crippen LogP contribution in [0.3, 0.4) is 0 Å². The Kier molecular flexibility index (Phi) is 3.33. The number of anilines is 3. The molecule has 6 heteroatoms. The van der Waals surface area contributed by atoms with E-state index >= 15 is 0 Å². The Labute approximate surface area is 108 Å². The van der Waals surface area contributed by atoms with Gasteiger partial charge in [0.15, 0.2) is 0 Å². The lowest BCUT2D eigenvalue weighted by molar-refractivity contribution is -0.137. The van der Waals surface area contributed by atoms with Crippen LogP contribution in [0.4, 0.5) is 30.4 Å². The van der Waals surface area contributed by atoms with Crippen molar-refractivity contribution in [3.63, 3.8) is 0 Å². The fourth-order valence-electron chi connectivity index (χ4n) is 1.61. The van der Waals surface area contributed by atoms with Gasteiger partial charge in [-0.15, -0.1) is 0 Å². The molecule has 1 heterocycles. The van der Waals surface area contributed by atoms with Gasteiger partial charge in [0.25, 0.3) is 0 Å². The van der Waals surface area contributed by atoms with E-state index in [0.29, 0.717) is 5.69 Å². The molecule has 0 aliphatic heterocycles. The highest BCUT2D eigenvalue weighted by molar-refractivity contribution is 5.70. The van der Waals surface area contributed by atoms with Crippen LogP contribution in [-0.4, -0.2) is 4.98 Å². The van der Waals surface area contributed by atoms with Crippen LogP contribution in [0.15, 0.2) is 36.5 Å². The van der Waals surface area contributed by atoms with Crippen LogP contribution < -0.4 is 11.1 Å². The maximum Gasteiger partial charge on any atom is 0.417 e. The van der Waals surface area contributed by atoms with Crippen molar-refractivity contribution in [3.8, 4) is 0 Å². The minimum Gasteiger partial charge on any atom is -0.382 e. The van der Waals surface area contributed by atoms with E-state index in [1.807, 2.05) is 13.0 Å². The summed E-state index contributed by atoms with van der Waals surface area (Å²) in [5, 5.41) is 2.84. The topological polar surface area (TPSA) is 50.9 Å². The van der Waals surface area contributed by atoms with Gasteiger partial charge in [-0.3, -0.25) is 0 Å². The minimum absolute atomic E-state index is 0.0227. The maximum absolute atomic E-state index is 12.6. The Morgan fingerprint density at radius 1 is 1.21 bits per heavy atom. The zero-order valence-corrected chi connectivity index (χ0v) is 10.1. The highest BCUT2D eigenvalue weighted by atomic mass is 19.4. The third kappa shape index (κ3) is 3.15. The largest absolute Gasteiger partial charge is 0.417 e. The van der Waals surface area contributed by atoms with Crippen LogP contribution in [0.1, 0.15) is 11.1 Å². The average molecular weight is 267 g/mol. The predicted octanol–water partition coefficient (Wildman–Crippen LogP) is 3.73. The molecule has 0 radical (unpaired) electrons. The van der Waals surface area contributed by atoms with Crippen molar-refractivity contribution in [2.75, 3.05) is 11.1 Å². The van der Waals surface area contributed by atoms with Crippen LogP contribution in [0.5, 0.6) is 0 Å². The minimum atomic E-state index is -4.44. The molecule has 19 heavy (non-hydrogen) atoms. The number of nitrogens with one attached hydrogen (secondary N) is 1. The summed E-state index contributed by atoms with van der Waals surface area (Å²) < 4.78 is 37.8. The van der Waals surface area contributed by atoms with Crippen molar-refractivity contribution in [1.29, 1.82) is 0 Å². The van der Waals surface area contributed by atoms with Crippen LogP contribution >= 0.6 is 0 Å². The third-order valence-electron chi connectivity index (χ3n) is 2.54. The predicted molar refractivity (Wildman–Crippen MR) is 68.1 cm³/mol. The number of rotatable bonds is 2. The van der Waals surface area contributed by atoms with Gasteiger partial charge >= 0.3 is 6.18 Å². The molecule has 3 nitrogen and oxygen atoms in total. The average Bonchev–Trinajstić information content (AvgIpc) is 2.30. The molecule has 2 aromatic rings. The fraction of sp³-hybridized carbons (Fsp3) is 0.154. The molecule has 100 valence electrons. The maximum atomic E-state index is 12.6. The molecule has 1 aromatic heterocycles. The van der Waals surface area contributed by atoms with Crippen molar-refractivity contribution in [2.24, 2.45) is 0 Å². The highest BCUT2D eigenvalue weighted by Crippen LogP contribution is 2.32. The standard InChI is InChI=1S/C13H12F3N3/c1-8-3-2-4-10(5-8)19-11-6-9(13(14,15)16)7-18-12(11)17/h2-7,19H,1H3,(H2,17,18). The number of aromatic nitrogens is 1. The number of nitrogen functional groups attached to an aromatic ring is 1. The number of benzene rings is 1. The molecule has 0 amide bonds. The smallest absolute Gasteiger partial charge is 0.382 e. The Morgan fingerprint density at radius 3 is 2.58 bits per heavy atom. The quantitative estimate of drug-likeness (QED) is 0.871. The normalized spacial score (nSPS) is 11.4.